The zero-order chi connectivity index (χ0) is 22.0. The molecule has 30 heavy (non-hydrogen) atoms. The van der Waals surface area contributed by atoms with Gasteiger partial charge in [-0.3, -0.25) is 9.59 Å². The van der Waals surface area contributed by atoms with Crippen LogP contribution in [0.5, 0.6) is 0 Å². The molecule has 158 valence electrons. The van der Waals surface area contributed by atoms with Gasteiger partial charge in [0.15, 0.2) is 6.61 Å². The van der Waals surface area contributed by atoms with Gasteiger partial charge in [0.1, 0.15) is 5.69 Å². The number of rotatable bonds is 6. The summed E-state index contributed by atoms with van der Waals surface area (Å²) in [7, 11) is 0. The first-order valence-electron chi connectivity index (χ1n) is 9.41. The second-order valence-electron chi connectivity index (χ2n) is 6.81. The molecule has 1 aliphatic rings. The van der Waals surface area contributed by atoms with Crippen molar-refractivity contribution in [3.63, 3.8) is 0 Å². The number of hydrogen-bond donors (Lipinski definition) is 2. The van der Waals surface area contributed by atoms with Gasteiger partial charge in [-0.15, -0.1) is 11.8 Å². The molecule has 1 aromatic carbocycles. The van der Waals surface area contributed by atoms with Gasteiger partial charge in [-0.25, -0.2) is 9.59 Å². The van der Waals surface area contributed by atoms with E-state index >= 15 is 0 Å². The number of aromatic amines is 1. The number of amides is 1. The number of aromatic nitrogens is 1. The van der Waals surface area contributed by atoms with E-state index in [4.69, 9.17) is 9.47 Å². The van der Waals surface area contributed by atoms with Gasteiger partial charge < -0.3 is 19.8 Å². The summed E-state index contributed by atoms with van der Waals surface area (Å²) in [6.07, 6.45) is 0. The number of carbonyl (C=O) groups is 4. The van der Waals surface area contributed by atoms with Crippen LogP contribution in [0.3, 0.4) is 0 Å². The van der Waals surface area contributed by atoms with E-state index in [-0.39, 0.29) is 29.0 Å². The lowest BCUT2D eigenvalue weighted by Gasteiger charge is -2.21. The first-order chi connectivity index (χ1) is 14.2. The zero-order valence-electron chi connectivity index (χ0n) is 17.1. The molecular formula is C21H22N2O6S. The SMILES string of the molecule is CCOC(=O)c1[nH]c(C)c(C(=O)COC(=O)c2ccc3c(c2)NC(=O)C(C)S3)c1C. The van der Waals surface area contributed by atoms with Crippen molar-refractivity contribution in [2.24, 2.45) is 0 Å². The van der Waals surface area contributed by atoms with Gasteiger partial charge in [-0.2, -0.15) is 0 Å². The average Bonchev–Trinajstić information content (AvgIpc) is 3.01. The highest BCUT2D eigenvalue weighted by atomic mass is 32.2. The second-order valence-corrected chi connectivity index (χ2v) is 8.19. The Balaban J connectivity index is 1.70. The van der Waals surface area contributed by atoms with Crippen LogP contribution < -0.4 is 5.32 Å². The number of Topliss-reactive ketones (excluding diaryl/α,β-unsaturated/α-hetero) is 1. The number of anilines is 1. The summed E-state index contributed by atoms with van der Waals surface area (Å²) in [5.74, 6) is -1.79. The fourth-order valence-corrected chi connectivity index (χ4v) is 4.13. The number of nitrogens with one attached hydrogen (secondary N) is 2. The number of carbonyl (C=O) groups excluding carboxylic acids is 4. The van der Waals surface area contributed by atoms with Crippen molar-refractivity contribution in [2.45, 2.75) is 37.8 Å². The monoisotopic (exact) mass is 430 g/mol. The molecule has 1 aliphatic heterocycles. The van der Waals surface area contributed by atoms with E-state index in [2.05, 4.69) is 10.3 Å². The first kappa shape index (κ1) is 21.6. The van der Waals surface area contributed by atoms with E-state index in [1.54, 1.807) is 39.8 Å². The van der Waals surface area contributed by atoms with Gasteiger partial charge in [0, 0.05) is 16.2 Å². The number of fused-ring (bicyclic) bond motifs is 1. The van der Waals surface area contributed by atoms with Crippen LogP contribution in [0.4, 0.5) is 5.69 Å². The van der Waals surface area contributed by atoms with Crippen LogP contribution in [0.1, 0.15) is 56.3 Å². The van der Waals surface area contributed by atoms with Crippen molar-refractivity contribution in [3.05, 3.63) is 46.3 Å². The second kappa shape index (κ2) is 8.74. The number of hydrogen-bond acceptors (Lipinski definition) is 7. The molecule has 1 atom stereocenters. The fraction of sp³-hybridized carbons (Fsp3) is 0.333. The Labute approximate surface area is 177 Å². The molecule has 0 saturated carbocycles. The van der Waals surface area contributed by atoms with Gasteiger partial charge in [0.2, 0.25) is 11.7 Å². The molecule has 0 spiro atoms. The van der Waals surface area contributed by atoms with E-state index in [0.29, 0.717) is 22.5 Å². The topological polar surface area (TPSA) is 115 Å². The van der Waals surface area contributed by atoms with Crippen molar-refractivity contribution in [1.29, 1.82) is 0 Å². The van der Waals surface area contributed by atoms with Gasteiger partial charge in [-0.05, 0) is 51.5 Å². The number of H-pyrrole nitrogens is 1. The van der Waals surface area contributed by atoms with E-state index in [1.807, 2.05) is 0 Å². The molecule has 0 aliphatic carbocycles. The van der Waals surface area contributed by atoms with Crippen LogP contribution in [-0.2, 0) is 14.3 Å². The van der Waals surface area contributed by atoms with Crippen molar-refractivity contribution in [2.75, 3.05) is 18.5 Å². The molecule has 1 aromatic heterocycles. The van der Waals surface area contributed by atoms with Gasteiger partial charge in [-0.1, -0.05) is 0 Å². The molecule has 0 radical (unpaired) electrons. The molecule has 1 unspecified atom stereocenters. The Morgan fingerprint density at radius 2 is 1.87 bits per heavy atom. The molecule has 0 bridgehead atoms. The lowest BCUT2D eigenvalue weighted by Crippen LogP contribution is -2.26. The number of ether oxygens (including phenoxy) is 2. The molecule has 3 rings (SSSR count). The van der Waals surface area contributed by atoms with Crippen molar-refractivity contribution < 1.29 is 28.7 Å². The van der Waals surface area contributed by atoms with E-state index in [9.17, 15) is 19.2 Å². The minimum absolute atomic E-state index is 0.135. The average molecular weight is 430 g/mol. The maximum absolute atomic E-state index is 12.6. The molecule has 2 N–H and O–H groups in total. The highest BCUT2D eigenvalue weighted by molar-refractivity contribution is 8.00. The summed E-state index contributed by atoms with van der Waals surface area (Å²) in [6.45, 7) is 6.53. The molecule has 0 saturated heterocycles. The van der Waals surface area contributed by atoms with Crippen LogP contribution in [-0.4, -0.2) is 47.1 Å². The van der Waals surface area contributed by atoms with Crippen LogP contribution >= 0.6 is 11.8 Å². The smallest absolute Gasteiger partial charge is 0.355 e. The number of esters is 2. The molecule has 1 amide bonds. The normalized spacial score (nSPS) is 15.2. The van der Waals surface area contributed by atoms with Crippen LogP contribution in [0.15, 0.2) is 23.1 Å². The van der Waals surface area contributed by atoms with Gasteiger partial charge in [0.25, 0.3) is 0 Å². The summed E-state index contributed by atoms with van der Waals surface area (Å²) in [5.41, 5.74) is 2.23. The number of benzene rings is 1. The van der Waals surface area contributed by atoms with Crippen LogP contribution in [0.2, 0.25) is 0 Å². The number of aryl methyl sites for hydroxylation is 1. The van der Waals surface area contributed by atoms with E-state index in [1.165, 1.54) is 17.8 Å². The Bertz CT molecular complexity index is 1040. The Morgan fingerprint density at radius 3 is 2.57 bits per heavy atom. The van der Waals surface area contributed by atoms with Crippen LogP contribution in [0, 0.1) is 13.8 Å². The third kappa shape index (κ3) is 4.25. The standard InChI is InChI=1S/C21H22N2O6S/c1-5-28-21(27)18-10(2)17(11(3)22-18)15(24)9-29-20(26)13-6-7-16-14(8-13)23-19(25)12(4)30-16/h6-8,12,22H,5,9H2,1-4H3,(H,23,25). The Morgan fingerprint density at radius 1 is 1.13 bits per heavy atom. The Hall–Kier alpha value is -3.07. The molecule has 8 nitrogen and oxygen atoms in total. The molecule has 9 heteroatoms. The number of thioether (sulfide) groups is 1. The minimum atomic E-state index is -0.680. The van der Waals surface area contributed by atoms with Crippen molar-refractivity contribution in [3.8, 4) is 0 Å². The summed E-state index contributed by atoms with van der Waals surface area (Å²) in [6, 6.07) is 4.86. The molecule has 0 fully saturated rings. The van der Waals surface area contributed by atoms with Gasteiger partial charge in [0.05, 0.1) is 23.1 Å². The quantitative estimate of drug-likeness (QED) is 0.534. The maximum Gasteiger partial charge on any atom is 0.355 e. The Kier molecular flexibility index (Phi) is 6.31. The number of ketones is 1. The maximum atomic E-state index is 12.6. The predicted molar refractivity (Wildman–Crippen MR) is 111 cm³/mol. The fourth-order valence-electron chi connectivity index (χ4n) is 3.20. The minimum Gasteiger partial charge on any atom is -0.461 e. The third-order valence-corrected chi connectivity index (χ3v) is 5.85. The zero-order valence-corrected chi connectivity index (χ0v) is 17.9. The largest absolute Gasteiger partial charge is 0.461 e. The predicted octanol–water partition coefficient (Wildman–Crippen LogP) is 3.28. The van der Waals surface area contributed by atoms with Crippen LogP contribution in [0.25, 0.3) is 0 Å². The summed E-state index contributed by atoms with van der Waals surface area (Å²) in [5, 5.41) is 2.54. The van der Waals surface area contributed by atoms with Gasteiger partial charge >= 0.3 is 11.9 Å². The lowest BCUT2D eigenvalue weighted by atomic mass is 10.1. The van der Waals surface area contributed by atoms with E-state index in [0.717, 1.165) is 4.90 Å². The van der Waals surface area contributed by atoms with Crippen molar-refractivity contribution in [1.82, 2.24) is 4.98 Å². The first-order valence-corrected chi connectivity index (χ1v) is 10.3. The lowest BCUT2D eigenvalue weighted by molar-refractivity contribution is -0.115. The molecule has 2 heterocycles. The molecular weight excluding hydrogens is 408 g/mol. The summed E-state index contributed by atoms with van der Waals surface area (Å²) in [4.78, 5) is 52.6. The highest BCUT2D eigenvalue weighted by Gasteiger charge is 2.26. The molecule has 2 aromatic rings. The van der Waals surface area contributed by atoms with Crippen molar-refractivity contribution >= 4 is 41.1 Å². The summed E-state index contributed by atoms with van der Waals surface area (Å²) >= 11 is 1.41. The third-order valence-electron chi connectivity index (χ3n) is 4.68. The highest BCUT2D eigenvalue weighted by Crippen LogP contribution is 2.36. The van der Waals surface area contributed by atoms with E-state index < -0.39 is 24.3 Å². The summed E-state index contributed by atoms with van der Waals surface area (Å²) < 4.78 is 10.1.